The zero-order chi connectivity index (χ0) is 21.7. The molecule has 2 aromatic carbocycles. The summed E-state index contributed by atoms with van der Waals surface area (Å²) in [5, 5.41) is 0. The molecule has 1 saturated carbocycles. The Kier molecular flexibility index (Phi) is 4.93. The Hall–Kier alpha value is -2.93. The third-order valence-electron chi connectivity index (χ3n) is 6.79. The van der Waals surface area contributed by atoms with Crippen molar-refractivity contribution in [2.75, 3.05) is 26.4 Å². The van der Waals surface area contributed by atoms with Gasteiger partial charge < -0.3 is 20.1 Å². The summed E-state index contributed by atoms with van der Waals surface area (Å²) in [7, 11) is 0. The van der Waals surface area contributed by atoms with Gasteiger partial charge in [0.05, 0.1) is 24.7 Å². The summed E-state index contributed by atoms with van der Waals surface area (Å²) < 4.78 is 25.2. The van der Waals surface area contributed by atoms with Gasteiger partial charge in [-0.3, -0.25) is 9.59 Å². The van der Waals surface area contributed by atoms with E-state index in [9.17, 15) is 14.0 Å². The van der Waals surface area contributed by atoms with E-state index in [4.69, 9.17) is 15.2 Å². The van der Waals surface area contributed by atoms with Crippen LogP contribution in [0.3, 0.4) is 0 Å². The van der Waals surface area contributed by atoms with Crippen molar-refractivity contribution in [3.63, 3.8) is 0 Å². The number of primary amides is 1. The van der Waals surface area contributed by atoms with E-state index < -0.39 is 24.6 Å². The molecule has 2 aromatic rings. The maximum atomic E-state index is 13.9. The molecule has 5 atom stereocenters. The lowest BCUT2D eigenvalue weighted by Gasteiger charge is -2.24. The number of fused-ring (bicyclic) bond motifs is 2. The molecule has 2 heterocycles. The number of carbonyl (C=O) groups is 2. The predicted octanol–water partition coefficient (Wildman–Crippen LogP) is 2.75. The second kappa shape index (κ2) is 7.64. The predicted molar refractivity (Wildman–Crippen MR) is 112 cm³/mol. The molecule has 1 aliphatic carbocycles. The highest BCUT2D eigenvalue weighted by Crippen LogP contribution is 2.49. The highest BCUT2D eigenvalue weighted by molar-refractivity contribution is 6.02. The first kappa shape index (κ1) is 20.0. The minimum atomic E-state index is -0.775. The average molecular weight is 424 g/mol. The fourth-order valence-corrected chi connectivity index (χ4v) is 5.24. The summed E-state index contributed by atoms with van der Waals surface area (Å²) in [6.45, 7) is 3.15. The molecule has 7 heteroatoms. The van der Waals surface area contributed by atoms with Gasteiger partial charge >= 0.3 is 0 Å². The van der Waals surface area contributed by atoms with Gasteiger partial charge in [-0.1, -0.05) is 30.3 Å². The zero-order valence-corrected chi connectivity index (χ0v) is 17.3. The molecule has 5 rings (SSSR count). The van der Waals surface area contributed by atoms with Gasteiger partial charge in [-0.15, -0.1) is 0 Å². The van der Waals surface area contributed by atoms with Gasteiger partial charge in [-0.2, -0.15) is 0 Å². The fourth-order valence-electron chi connectivity index (χ4n) is 5.24. The number of amides is 2. The maximum Gasteiger partial charge on any atom is 0.254 e. The lowest BCUT2D eigenvalue weighted by Crippen LogP contribution is -2.36. The minimum absolute atomic E-state index is 0.119. The highest BCUT2D eigenvalue weighted by atomic mass is 19.1. The van der Waals surface area contributed by atoms with E-state index in [-0.39, 0.29) is 23.3 Å². The van der Waals surface area contributed by atoms with Crippen molar-refractivity contribution in [1.82, 2.24) is 4.90 Å². The third kappa shape index (κ3) is 3.19. The number of hydrogen-bond acceptors (Lipinski definition) is 4. The van der Waals surface area contributed by atoms with Gasteiger partial charge in [-0.05, 0) is 24.6 Å². The minimum Gasteiger partial charge on any atom is -0.486 e. The van der Waals surface area contributed by atoms with E-state index in [0.717, 1.165) is 5.56 Å². The van der Waals surface area contributed by atoms with Crippen molar-refractivity contribution in [2.24, 2.45) is 17.6 Å². The van der Waals surface area contributed by atoms with E-state index in [1.165, 1.54) is 6.07 Å². The van der Waals surface area contributed by atoms with E-state index in [2.05, 4.69) is 0 Å². The zero-order valence-electron chi connectivity index (χ0n) is 17.3. The molecule has 1 saturated heterocycles. The molecule has 2 N–H and O–H groups in total. The number of ether oxygens (including phenoxy) is 2. The number of benzene rings is 2. The van der Waals surface area contributed by atoms with Gasteiger partial charge in [0.2, 0.25) is 0 Å². The van der Waals surface area contributed by atoms with Crippen LogP contribution in [0, 0.1) is 11.8 Å². The summed E-state index contributed by atoms with van der Waals surface area (Å²) in [6.07, 6.45) is -0.775. The van der Waals surface area contributed by atoms with Crippen LogP contribution < -0.4 is 10.5 Å². The molecule has 31 heavy (non-hydrogen) atoms. The largest absolute Gasteiger partial charge is 0.486 e. The standard InChI is InChI=1S/C24H25FN2O4/c1-2-27(21-17-11-30-12-18(17)21)24(29)14-8-15-20(13-6-4-3-5-7-13)19(10-25)31-22(15)16(9-14)23(26)28/h3-9,17-21H,2,10-12H2,1H3,(H2,26,28)/t17-,18+,19-,20+,21-/m1/s1. The van der Waals surface area contributed by atoms with Crippen LogP contribution in [0.5, 0.6) is 5.75 Å². The Labute approximate surface area is 180 Å². The number of hydrogen-bond donors (Lipinski definition) is 1. The van der Waals surface area contributed by atoms with Crippen molar-refractivity contribution in [1.29, 1.82) is 0 Å². The van der Waals surface area contributed by atoms with Gasteiger partial charge in [0.15, 0.2) is 0 Å². The van der Waals surface area contributed by atoms with Crippen molar-refractivity contribution in [3.05, 3.63) is 64.7 Å². The van der Waals surface area contributed by atoms with Crippen molar-refractivity contribution in [2.45, 2.75) is 25.0 Å². The van der Waals surface area contributed by atoms with Crippen molar-refractivity contribution >= 4 is 11.8 Å². The smallest absolute Gasteiger partial charge is 0.254 e. The second-order valence-corrected chi connectivity index (χ2v) is 8.45. The summed E-state index contributed by atoms with van der Waals surface area (Å²) in [5.41, 5.74) is 7.62. The summed E-state index contributed by atoms with van der Waals surface area (Å²) in [4.78, 5) is 27.6. The van der Waals surface area contributed by atoms with E-state index in [0.29, 0.717) is 42.7 Å². The van der Waals surface area contributed by atoms with Crippen LogP contribution in [-0.2, 0) is 4.74 Å². The molecule has 0 unspecified atom stereocenters. The fraction of sp³-hybridized carbons (Fsp3) is 0.417. The van der Waals surface area contributed by atoms with Gasteiger partial charge in [-0.25, -0.2) is 4.39 Å². The molecule has 2 aliphatic heterocycles. The molecule has 0 bridgehead atoms. The SMILES string of the molecule is CCN(C(=O)c1cc(C(N)=O)c2c(c1)[C@H](c1ccccc1)[C@@H](CF)O2)[C@@H]1[C@@H]2COC[C@@H]21. The number of alkyl halides is 1. The molecule has 2 amide bonds. The molecule has 0 spiro atoms. The topological polar surface area (TPSA) is 81.9 Å². The van der Waals surface area contributed by atoms with E-state index in [1.54, 1.807) is 6.07 Å². The van der Waals surface area contributed by atoms with Crippen LogP contribution in [0.1, 0.15) is 44.7 Å². The summed E-state index contributed by atoms with van der Waals surface area (Å²) >= 11 is 0. The van der Waals surface area contributed by atoms with Crippen LogP contribution >= 0.6 is 0 Å². The Morgan fingerprint density at radius 3 is 2.48 bits per heavy atom. The molecule has 3 aliphatic rings. The third-order valence-corrected chi connectivity index (χ3v) is 6.79. The average Bonchev–Trinajstić information content (AvgIpc) is 3.13. The van der Waals surface area contributed by atoms with Gasteiger partial charge in [0, 0.05) is 35.5 Å². The molecule has 0 aromatic heterocycles. The van der Waals surface area contributed by atoms with Crippen molar-refractivity contribution in [3.8, 4) is 5.75 Å². The highest BCUT2D eigenvalue weighted by Gasteiger charge is 2.57. The Morgan fingerprint density at radius 2 is 1.87 bits per heavy atom. The first-order chi connectivity index (χ1) is 15.0. The second-order valence-electron chi connectivity index (χ2n) is 8.45. The number of halogens is 1. The van der Waals surface area contributed by atoms with Crippen LogP contribution in [0.2, 0.25) is 0 Å². The summed E-state index contributed by atoms with van der Waals surface area (Å²) in [5.74, 6) is -0.230. The molecule has 6 nitrogen and oxygen atoms in total. The van der Waals surface area contributed by atoms with Crippen LogP contribution in [-0.4, -0.2) is 55.3 Å². The monoisotopic (exact) mass is 424 g/mol. The van der Waals surface area contributed by atoms with Crippen LogP contribution in [0.25, 0.3) is 0 Å². The molecular weight excluding hydrogens is 399 g/mol. The number of nitrogens with two attached hydrogens (primary N) is 1. The van der Waals surface area contributed by atoms with E-state index >= 15 is 0 Å². The lowest BCUT2D eigenvalue weighted by molar-refractivity contribution is 0.0675. The quantitative estimate of drug-likeness (QED) is 0.773. The number of rotatable bonds is 6. The van der Waals surface area contributed by atoms with Crippen molar-refractivity contribution < 1.29 is 23.5 Å². The maximum absolute atomic E-state index is 13.9. The Balaban J connectivity index is 1.57. The molecule has 0 radical (unpaired) electrons. The lowest BCUT2D eigenvalue weighted by atomic mass is 9.86. The molecular formula is C24H25FN2O4. The van der Waals surface area contributed by atoms with Crippen LogP contribution in [0.15, 0.2) is 42.5 Å². The number of nitrogens with zero attached hydrogens (tertiary/aromatic N) is 1. The van der Waals surface area contributed by atoms with Crippen LogP contribution in [0.4, 0.5) is 4.39 Å². The van der Waals surface area contributed by atoms with Gasteiger partial charge in [0.1, 0.15) is 18.5 Å². The Morgan fingerprint density at radius 1 is 1.16 bits per heavy atom. The number of carbonyl (C=O) groups excluding carboxylic acids is 2. The first-order valence-corrected chi connectivity index (χ1v) is 10.7. The molecule has 162 valence electrons. The molecule has 2 fully saturated rings. The Bertz CT molecular complexity index is 1020. The van der Waals surface area contributed by atoms with Gasteiger partial charge in [0.25, 0.3) is 11.8 Å². The summed E-state index contributed by atoms with van der Waals surface area (Å²) in [6, 6.07) is 12.8. The first-order valence-electron chi connectivity index (χ1n) is 10.7. The van der Waals surface area contributed by atoms with E-state index in [1.807, 2.05) is 42.2 Å². The normalized spacial score (nSPS) is 27.9.